The number of anilines is 1. The second-order valence-electron chi connectivity index (χ2n) is 4.75. The summed E-state index contributed by atoms with van der Waals surface area (Å²) in [5.41, 5.74) is 9.48. The lowest BCUT2D eigenvalue weighted by molar-refractivity contribution is 0.447. The highest BCUT2D eigenvalue weighted by atomic mass is 16.5. The third-order valence-electron chi connectivity index (χ3n) is 3.33. The number of ether oxygens (including phenoxy) is 1. The van der Waals surface area contributed by atoms with Gasteiger partial charge < -0.3 is 10.5 Å². The molecule has 2 aromatic rings. The van der Waals surface area contributed by atoms with Crippen molar-refractivity contribution in [3.05, 3.63) is 40.6 Å². The molecule has 0 spiro atoms. The van der Waals surface area contributed by atoms with Gasteiger partial charge in [-0.05, 0) is 49.1 Å². The Balaban J connectivity index is 2.47. The van der Waals surface area contributed by atoms with E-state index >= 15 is 0 Å². The number of aromatic nitrogens is 2. The first-order chi connectivity index (χ1) is 10.1. The van der Waals surface area contributed by atoms with Crippen molar-refractivity contribution in [1.82, 2.24) is 10.2 Å². The van der Waals surface area contributed by atoms with Crippen LogP contribution in [-0.2, 0) is 12.8 Å². The molecular weight excluding hydrogens is 264 g/mol. The number of hydrogen-bond donors (Lipinski definition) is 1. The molecule has 5 nitrogen and oxygen atoms in total. The van der Waals surface area contributed by atoms with Crippen LogP contribution in [0.15, 0.2) is 18.2 Å². The molecule has 1 heterocycles. The third-order valence-corrected chi connectivity index (χ3v) is 3.33. The van der Waals surface area contributed by atoms with E-state index in [4.69, 9.17) is 10.5 Å². The van der Waals surface area contributed by atoms with Crippen LogP contribution in [0.1, 0.15) is 36.2 Å². The van der Waals surface area contributed by atoms with E-state index in [9.17, 15) is 5.26 Å². The minimum Gasteiger partial charge on any atom is -0.436 e. The van der Waals surface area contributed by atoms with Gasteiger partial charge in [-0.3, -0.25) is 0 Å². The summed E-state index contributed by atoms with van der Waals surface area (Å²) in [5, 5.41) is 17.7. The summed E-state index contributed by atoms with van der Waals surface area (Å²) in [7, 11) is 0. The number of benzene rings is 1. The first-order valence-corrected chi connectivity index (χ1v) is 6.93. The van der Waals surface area contributed by atoms with Crippen molar-refractivity contribution < 1.29 is 4.74 Å². The maximum absolute atomic E-state index is 9.42. The van der Waals surface area contributed by atoms with Crippen LogP contribution in [0.2, 0.25) is 0 Å². The van der Waals surface area contributed by atoms with Gasteiger partial charge in [0.1, 0.15) is 17.4 Å². The van der Waals surface area contributed by atoms with Crippen molar-refractivity contribution >= 4 is 5.69 Å². The van der Waals surface area contributed by atoms with E-state index in [-0.39, 0.29) is 5.88 Å². The molecule has 2 rings (SSSR count). The molecule has 0 amide bonds. The van der Waals surface area contributed by atoms with Crippen molar-refractivity contribution in [2.45, 2.75) is 33.6 Å². The Bertz CT molecular complexity index is 704. The summed E-state index contributed by atoms with van der Waals surface area (Å²) in [6.07, 6.45) is 1.46. The van der Waals surface area contributed by atoms with E-state index in [0.29, 0.717) is 17.0 Å². The van der Waals surface area contributed by atoms with Crippen LogP contribution in [0, 0.1) is 18.3 Å². The Morgan fingerprint density at radius 2 is 2.00 bits per heavy atom. The van der Waals surface area contributed by atoms with Crippen LogP contribution >= 0.6 is 0 Å². The lowest BCUT2D eigenvalue weighted by Crippen LogP contribution is -2.05. The fraction of sp³-hybridized carbons (Fsp3) is 0.312. The molecule has 0 fully saturated rings. The minimum absolute atomic E-state index is 0.249. The maximum Gasteiger partial charge on any atom is 0.257 e. The first kappa shape index (κ1) is 14.8. The van der Waals surface area contributed by atoms with Crippen molar-refractivity contribution in [3.8, 4) is 17.7 Å². The summed E-state index contributed by atoms with van der Waals surface area (Å²) in [6.45, 7) is 5.89. The Morgan fingerprint density at radius 1 is 1.24 bits per heavy atom. The molecule has 0 atom stereocenters. The Labute approximate surface area is 124 Å². The first-order valence-electron chi connectivity index (χ1n) is 6.93. The van der Waals surface area contributed by atoms with Gasteiger partial charge in [0.15, 0.2) is 0 Å². The molecule has 0 aliphatic carbocycles. The van der Waals surface area contributed by atoms with E-state index in [1.54, 1.807) is 12.1 Å². The zero-order valence-electron chi connectivity index (χ0n) is 12.5. The van der Waals surface area contributed by atoms with Gasteiger partial charge in [0, 0.05) is 5.69 Å². The summed E-state index contributed by atoms with van der Waals surface area (Å²) in [5.74, 6) is 0.876. The van der Waals surface area contributed by atoms with Crippen molar-refractivity contribution in [2.24, 2.45) is 0 Å². The third kappa shape index (κ3) is 2.95. The fourth-order valence-electron chi connectivity index (χ4n) is 2.23. The van der Waals surface area contributed by atoms with Crippen LogP contribution in [0.3, 0.4) is 0 Å². The fourth-order valence-corrected chi connectivity index (χ4v) is 2.23. The van der Waals surface area contributed by atoms with Gasteiger partial charge >= 0.3 is 0 Å². The molecule has 0 radical (unpaired) electrons. The molecule has 108 valence electrons. The van der Waals surface area contributed by atoms with Gasteiger partial charge in [0.2, 0.25) is 0 Å². The van der Waals surface area contributed by atoms with Gasteiger partial charge in [0.25, 0.3) is 5.88 Å². The highest BCUT2D eigenvalue weighted by molar-refractivity contribution is 5.51. The highest BCUT2D eigenvalue weighted by Crippen LogP contribution is 2.29. The van der Waals surface area contributed by atoms with Crippen molar-refractivity contribution in [2.75, 3.05) is 5.73 Å². The molecule has 5 heteroatoms. The number of hydrogen-bond acceptors (Lipinski definition) is 5. The summed E-state index contributed by atoms with van der Waals surface area (Å²) < 4.78 is 5.78. The Morgan fingerprint density at radius 3 is 2.57 bits per heavy atom. The molecule has 0 saturated carbocycles. The number of nitrogen functional groups attached to an aromatic ring is 1. The largest absolute Gasteiger partial charge is 0.436 e. The van der Waals surface area contributed by atoms with Gasteiger partial charge in [-0.25, -0.2) is 0 Å². The van der Waals surface area contributed by atoms with E-state index in [0.717, 1.165) is 29.7 Å². The number of nitriles is 1. The second-order valence-corrected chi connectivity index (χ2v) is 4.75. The molecular formula is C16H18N4O. The molecule has 0 saturated heterocycles. The van der Waals surface area contributed by atoms with Crippen LogP contribution in [0.25, 0.3) is 0 Å². The topological polar surface area (TPSA) is 84.8 Å². The molecule has 1 aromatic carbocycles. The zero-order valence-corrected chi connectivity index (χ0v) is 12.5. The second kappa shape index (κ2) is 6.23. The van der Waals surface area contributed by atoms with E-state index in [1.807, 2.05) is 26.8 Å². The number of nitrogens with zero attached hydrogens (tertiary/aromatic N) is 3. The van der Waals surface area contributed by atoms with Gasteiger partial charge in [-0.2, -0.15) is 10.4 Å². The van der Waals surface area contributed by atoms with Gasteiger partial charge in [-0.1, -0.05) is 13.8 Å². The van der Waals surface area contributed by atoms with Crippen LogP contribution < -0.4 is 10.5 Å². The predicted octanol–water partition coefficient (Wildman–Crippen LogP) is 3.16. The van der Waals surface area contributed by atoms with E-state index in [1.165, 1.54) is 0 Å². The predicted molar refractivity (Wildman–Crippen MR) is 81.2 cm³/mol. The molecule has 0 aliphatic rings. The summed E-state index contributed by atoms with van der Waals surface area (Å²) in [4.78, 5) is 0. The van der Waals surface area contributed by atoms with Crippen molar-refractivity contribution in [1.29, 1.82) is 5.26 Å². The zero-order chi connectivity index (χ0) is 15.4. The Hall–Kier alpha value is -2.61. The lowest BCUT2D eigenvalue weighted by atomic mass is 10.0. The number of nitrogens with two attached hydrogens (primary N) is 1. The quantitative estimate of drug-likeness (QED) is 0.871. The smallest absolute Gasteiger partial charge is 0.257 e. The Kier molecular flexibility index (Phi) is 4.39. The maximum atomic E-state index is 9.42. The minimum atomic E-state index is 0.249. The normalized spacial score (nSPS) is 10.2. The monoisotopic (exact) mass is 282 g/mol. The summed E-state index contributed by atoms with van der Waals surface area (Å²) >= 11 is 0. The lowest BCUT2D eigenvalue weighted by Gasteiger charge is -2.12. The molecule has 21 heavy (non-hydrogen) atoms. The number of aryl methyl sites for hydroxylation is 2. The number of rotatable bonds is 4. The molecule has 2 N–H and O–H groups in total. The van der Waals surface area contributed by atoms with Crippen LogP contribution in [0.5, 0.6) is 11.6 Å². The van der Waals surface area contributed by atoms with Gasteiger partial charge in [0.05, 0.1) is 5.69 Å². The van der Waals surface area contributed by atoms with Gasteiger partial charge in [-0.15, -0.1) is 5.10 Å². The van der Waals surface area contributed by atoms with E-state index in [2.05, 4.69) is 16.3 Å². The molecule has 1 aromatic heterocycles. The molecule has 0 aliphatic heterocycles. The van der Waals surface area contributed by atoms with Crippen molar-refractivity contribution in [3.63, 3.8) is 0 Å². The molecule has 0 bridgehead atoms. The summed E-state index contributed by atoms with van der Waals surface area (Å²) in [6, 6.07) is 7.53. The van der Waals surface area contributed by atoms with Crippen LogP contribution in [-0.4, -0.2) is 10.2 Å². The highest BCUT2D eigenvalue weighted by Gasteiger charge is 2.16. The SMILES string of the molecule is CCc1nnc(Oc2ccc(N)cc2C)c(C#N)c1CC. The average Bonchev–Trinajstić information content (AvgIpc) is 2.49. The average molecular weight is 282 g/mol. The van der Waals surface area contributed by atoms with E-state index < -0.39 is 0 Å². The standard InChI is InChI=1S/C16H18N4O/c1-4-12-13(9-17)16(20-19-14(12)5-2)21-15-7-6-11(18)8-10(15)3/h6-8H,4-5,18H2,1-3H3. The van der Waals surface area contributed by atoms with Crippen LogP contribution in [0.4, 0.5) is 5.69 Å². The molecule has 0 unspecified atom stereocenters.